The second-order valence-electron chi connectivity index (χ2n) is 7.80. The van der Waals surface area contributed by atoms with Crippen LogP contribution < -0.4 is 4.74 Å². The molecule has 2 rings (SSSR count). The van der Waals surface area contributed by atoms with Crippen molar-refractivity contribution in [2.45, 2.75) is 33.6 Å². The van der Waals surface area contributed by atoms with Gasteiger partial charge in [-0.15, -0.1) is 11.3 Å². The van der Waals surface area contributed by atoms with Gasteiger partial charge in [-0.05, 0) is 44.9 Å². The quantitative estimate of drug-likeness (QED) is 0.293. The van der Waals surface area contributed by atoms with E-state index >= 15 is 0 Å². The van der Waals surface area contributed by atoms with Crippen LogP contribution in [0.1, 0.15) is 42.1 Å². The van der Waals surface area contributed by atoms with Gasteiger partial charge in [0.05, 0.1) is 25.5 Å². The molecule has 1 N–H and O–H groups in total. The average Bonchev–Trinajstić information content (AvgIpc) is 3.15. The Morgan fingerprint density at radius 2 is 2.06 bits per heavy atom. The predicted molar refractivity (Wildman–Crippen MR) is 123 cm³/mol. The molecule has 0 aliphatic heterocycles. The van der Waals surface area contributed by atoms with Crippen LogP contribution in [0.15, 0.2) is 18.2 Å². The number of aliphatic hydroxyl groups excluding tert-OH is 1. The Labute approximate surface area is 188 Å². The van der Waals surface area contributed by atoms with E-state index in [1.807, 2.05) is 13.1 Å². The Balaban J connectivity index is 2.00. The molecule has 7 nitrogen and oxygen atoms in total. The van der Waals surface area contributed by atoms with E-state index in [1.165, 1.54) is 11.3 Å². The van der Waals surface area contributed by atoms with Gasteiger partial charge in [-0.1, -0.05) is 19.9 Å². The third-order valence-electron chi connectivity index (χ3n) is 4.50. The van der Waals surface area contributed by atoms with E-state index < -0.39 is 0 Å². The molecule has 0 spiro atoms. The molecule has 1 aromatic carbocycles. The first kappa shape index (κ1) is 24.8. The lowest BCUT2D eigenvalue weighted by molar-refractivity contribution is 0.0495. The number of hydrogen-bond acceptors (Lipinski definition) is 7. The zero-order chi connectivity index (χ0) is 22.8. The van der Waals surface area contributed by atoms with Crippen LogP contribution in [0.25, 0.3) is 15.4 Å². The Hall–Kier alpha value is -2.47. The first-order valence-electron chi connectivity index (χ1n) is 10.4. The van der Waals surface area contributed by atoms with Crippen LogP contribution in [0.4, 0.5) is 5.69 Å². The minimum Gasteiger partial charge on any atom is -0.504 e. The number of hydrogen-bond donors (Lipinski definition) is 1. The number of aryl methyl sites for hydroxylation is 1. The fourth-order valence-electron chi connectivity index (χ4n) is 2.84. The molecule has 1 aromatic heterocycles. The number of aliphatic hydroxyl groups is 1. The first-order chi connectivity index (χ1) is 14.8. The SMILES string of the molecule is [C-]#[N+]c1cc(-c2nc(C)c(C(=O)OCCCN(C)CCCO)s2)ccc1OCC(C)C. The Morgan fingerprint density at radius 3 is 2.74 bits per heavy atom. The summed E-state index contributed by atoms with van der Waals surface area (Å²) in [7, 11) is 1.98. The second-order valence-corrected chi connectivity index (χ2v) is 8.80. The van der Waals surface area contributed by atoms with Crippen molar-refractivity contribution in [3.63, 3.8) is 0 Å². The van der Waals surface area contributed by atoms with E-state index in [2.05, 4.69) is 28.6 Å². The molecule has 2 aromatic rings. The molecule has 0 saturated carbocycles. The number of aromatic nitrogens is 1. The van der Waals surface area contributed by atoms with Crippen molar-refractivity contribution in [2.75, 3.05) is 40.0 Å². The van der Waals surface area contributed by atoms with Gasteiger partial charge in [0.25, 0.3) is 0 Å². The molecule has 8 heteroatoms. The van der Waals surface area contributed by atoms with Gasteiger partial charge < -0.3 is 19.5 Å². The van der Waals surface area contributed by atoms with E-state index in [0.717, 1.165) is 31.5 Å². The van der Waals surface area contributed by atoms with E-state index in [1.54, 1.807) is 19.1 Å². The highest BCUT2D eigenvalue weighted by Gasteiger charge is 2.18. The van der Waals surface area contributed by atoms with Crippen molar-refractivity contribution in [1.82, 2.24) is 9.88 Å². The molecule has 0 atom stereocenters. The molecule has 0 aliphatic rings. The summed E-state index contributed by atoms with van der Waals surface area (Å²) in [5, 5.41) is 9.54. The molecular formula is C23H31N3O4S. The van der Waals surface area contributed by atoms with Crippen LogP contribution in [0.3, 0.4) is 0 Å². The van der Waals surface area contributed by atoms with Gasteiger partial charge in [-0.3, -0.25) is 0 Å². The standard InChI is InChI=1S/C23H31N3O4S/c1-16(2)15-30-20-9-8-18(14-19(20)24-4)22-25-17(3)21(31-22)23(28)29-13-7-11-26(5)10-6-12-27/h8-9,14,16,27H,6-7,10-13,15H2,1-3,5H3. The third kappa shape index (κ3) is 7.62. The van der Waals surface area contributed by atoms with E-state index in [4.69, 9.17) is 21.2 Å². The maximum absolute atomic E-state index is 12.5. The van der Waals surface area contributed by atoms with Gasteiger partial charge in [0.15, 0.2) is 0 Å². The normalized spacial score (nSPS) is 11.0. The van der Waals surface area contributed by atoms with Crippen molar-refractivity contribution in [3.05, 3.63) is 40.2 Å². The fourth-order valence-corrected chi connectivity index (χ4v) is 3.80. The highest BCUT2D eigenvalue weighted by Crippen LogP contribution is 2.35. The first-order valence-corrected chi connectivity index (χ1v) is 11.3. The zero-order valence-corrected chi connectivity index (χ0v) is 19.5. The minimum atomic E-state index is -0.374. The summed E-state index contributed by atoms with van der Waals surface area (Å²) in [5.74, 6) is 0.556. The number of nitrogens with zero attached hydrogens (tertiary/aromatic N) is 3. The van der Waals surface area contributed by atoms with Gasteiger partial charge in [0.1, 0.15) is 15.6 Å². The van der Waals surface area contributed by atoms with Crippen LogP contribution in [0.5, 0.6) is 5.75 Å². The van der Waals surface area contributed by atoms with Crippen molar-refractivity contribution in [2.24, 2.45) is 5.92 Å². The van der Waals surface area contributed by atoms with Crippen molar-refractivity contribution >= 4 is 23.0 Å². The summed E-state index contributed by atoms with van der Waals surface area (Å²) >= 11 is 1.27. The molecule has 0 unspecified atom stereocenters. The Kier molecular flexibility index (Phi) is 9.92. The highest BCUT2D eigenvalue weighted by molar-refractivity contribution is 7.17. The summed E-state index contributed by atoms with van der Waals surface area (Å²) in [6.07, 6.45) is 1.46. The summed E-state index contributed by atoms with van der Waals surface area (Å²) < 4.78 is 11.1. The lowest BCUT2D eigenvalue weighted by atomic mass is 10.2. The Bertz CT molecular complexity index is 905. The molecule has 0 amide bonds. The molecule has 0 aliphatic carbocycles. The van der Waals surface area contributed by atoms with Crippen LogP contribution in [0, 0.1) is 19.4 Å². The van der Waals surface area contributed by atoms with Crippen LogP contribution in [-0.2, 0) is 4.74 Å². The van der Waals surface area contributed by atoms with Crippen LogP contribution in [-0.4, -0.2) is 60.9 Å². The number of ether oxygens (including phenoxy) is 2. The molecule has 168 valence electrons. The summed E-state index contributed by atoms with van der Waals surface area (Å²) in [6.45, 7) is 16.0. The molecule has 0 radical (unpaired) electrons. The lowest BCUT2D eigenvalue weighted by Gasteiger charge is -2.15. The van der Waals surface area contributed by atoms with Crippen LogP contribution in [0.2, 0.25) is 0 Å². The van der Waals surface area contributed by atoms with Crippen molar-refractivity contribution < 1.29 is 19.4 Å². The smallest absolute Gasteiger partial charge is 0.350 e. The van der Waals surface area contributed by atoms with Gasteiger partial charge in [-0.25, -0.2) is 14.6 Å². The lowest BCUT2D eigenvalue weighted by Crippen LogP contribution is -2.23. The molecule has 1 heterocycles. The van der Waals surface area contributed by atoms with Gasteiger partial charge in [-0.2, -0.15) is 0 Å². The van der Waals surface area contributed by atoms with Crippen LogP contribution >= 0.6 is 11.3 Å². The number of benzene rings is 1. The zero-order valence-electron chi connectivity index (χ0n) is 18.7. The number of rotatable bonds is 12. The number of esters is 1. The molecule has 0 saturated heterocycles. The molecule has 31 heavy (non-hydrogen) atoms. The number of thiazole rings is 1. The van der Waals surface area contributed by atoms with Gasteiger partial charge in [0, 0.05) is 25.3 Å². The molecule has 0 fully saturated rings. The minimum absolute atomic E-state index is 0.178. The molecule has 0 bridgehead atoms. The second kappa shape index (κ2) is 12.4. The topological polar surface area (TPSA) is 76.2 Å². The largest absolute Gasteiger partial charge is 0.504 e. The summed E-state index contributed by atoms with van der Waals surface area (Å²) in [6, 6.07) is 5.39. The maximum atomic E-state index is 12.5. The predicted octanol–water partition coefficient (Wildman–Crippen LogP) is 4.57. The average molecular weight is 446 g/mol. The van der Waals surface area contributed by atoms with Gasteiger partial charge >= 0.3 is 5.97 Å². The summed E-state index contributed by atoms with van der Waals surface area (Å²) in [4.78, 5) is 23.2. The van der Waals surface area contributed by atoms with E-state index in [9.17, 15) is 4.79 Å². The van der Waals surface area contributed by atoms with Crippen molar-refractivity contribution in [1.29, 1.82) is 0 Å². The maximum Gasteiger partial charge on any atom is 0.350 e. The third-order valence-corrected chi connectivity index (χ3v) is 5.68. The van der Waals surface area contributed by atoms with Crippen molar-refractivity contribution in [3.8, 4) is 16.3 Å². The molecular weight excluding hydrogens is 414 g/mol. The fraction of sp³-hybridized carbons (Fsp3) is 0.522. The monoisotopic (exact) mass is 445 g/mol. The summed E-state index contributed by atoms with van der Waals surface area (Å²) in [5.41, 5.74) is 1.83. The number of carbonyl (C=O) groups is 1. The van der Waals surface area contributed by atoms with Gasteiger partial charge in [0.2, 0.25) is 5.69 Å². The van der Waals surface area contributed by atoms with E-state index in [-0.39, 0.29) is 12.6 Å². The van der Waals surface area contributed by atoms with E-state index in [0.29, 0.717) is 46.1 Å². The number of carbonyl (C=O) groups excluding carboxylic acids is 1. The highest BCUT2D eigenvalue weighted by atomic mass is 32.1. The Morgan fingerprint density at radius 1 is 1.32 bits per heavy atom.